The minimum atomic E-state index is -0.526. The summed E-state index contributed by atoms with van der Waals surface area (Å²) in [7, 11) is 0. The fraction of sp³-hybridized carbons (Fsp3) is 0.294. The molecule has 3 N–H and O–H groups in total. The molecule has 0 aliphatic carbocycles. The van der Waals surface area contributed by atoms with Crippen LogP contribution in [0.3, 0.4) is 0 Å². The highest BCUT2D eigenvalue weighted by molar-refractivity contribution is 5.23. The topological polar surface area (TPSA) is 46.2 Å². The molecule has 2 aromatic rings. The van der Waals surface area contributed by atoms with E-state index in [1.54, 1.807) is 0 Å². The molecule has 3 atom stereocenters. The molecule has 2 rings (SSSR count). The van der Waals surface area contributed by atoms with Crippen molar-refractivity contribution >= 4 is 0 Å². The lowest BCUT2D eigenvalue weighted by molar-refractivity contribution is 0.0898. The summed E-state index contributed by atoms with van der Waals surface area (Å²) < 4.78 is 0. The van der Waals surface area contributed by atoms with Crippen molar-refractivity contribution < 1.29 is 5.11 Å². The van der Waals surface area contributed by atoms with Crippen molar-refractivity contribution in [2.24, 2.45) is 11.7 Å². The zero-order valence-corrected chi connectivity index (χ0v) is 11.2. The summed E-state index contributed by atoms with van der Waals surface area (Å²) in [5, 5.41) is 10.5. The maximum Gasteiger partial charge on any atom is 0.0836 e. The van der Waals surface area contributed by atoms with Gasteiger partial charge in [0.2, 0.25) is 0 Å². The van der Waals surface area contributed by atoms with Gasteiger partial charge in [0, 0.05) is 12.0 Å². The zero-order valence-electron chi connectivity index (χ0n) is 11.2. The molecule has 0 amide bonds. The van der Waals surface area contributed by atoms with Gasteiger partial charge in [-0.2, -0.15) is 0 Å². The molecule has 0 heterocycles. The van der Waals surface area contributed by atoms with E-state index in [-0.39, 0.29) is 12.0 Å². The highest BCUT2D eigenvalue weighted by Gasteiger charge is 2.26. The van der Waals surface area contributed by atoms with Crippen LogP contribution in [-0.4, -0.2) is 5.11 Å². The lowest BCUT2D eigenvalue weighted by Gasteiger charge is -2.28. The van der Waals surface area contributed by atoms with Crippen molar-refractivity contribution in [2.75, 3.05) is 0 Å². The summed E-state index contributed by atoms with van der Waals surface area (Å²) in [5.41, 5.74) is 8.33. The number of hydrogen-bond donors (Lipinski definition) is 2. The summed E-state index contributed by atoms with van der Waals surface area (Å²) >= 11 is 0. The van der Waals surface area contributed by atoms with Gasteiger partial charge in [-0.05, 0) is 17.5 Å². The molecule has 0 saturated heterocycles. The van der Waals surface area contributed by atoms with Gasteiger partial charge in [0.15, 0.2) is 0 Å². The van der Waals surface area contributed by atoms with E-state index < -0.39 is 6.10 Å². The van der Waals surface area contributed by atoms with E-state index in [4.69, 9.17) is 5.73 Å². The first kappa shape index (κ1) is 13.8. The van der Waals surface area contributed by atoms with E-state index in [0.717, 1.165) is 17.5 Å². The predicted octanol–water partition coefficient (Wildman–Crippen LogP) is 3.45. The fourth-order valence-corrected chi connectivity index (χ4v) is 2.49. The molecule has 2 aromatic carbocycles. The molecule has 100 valence electrons. The zero-order chi connectivity index (χ0) is 13.7. The lowest BCUT2D eigenvalue weighted by Crippen LogP contribution is -2.26. The van der Waals surface area contributed by atoms with Gasteiger partial charge >= 0.3 is 0 Å². The minimum Gasteiger partial charge on any atom is -0.388 e. The molecule has 2 nitrogen and oxygen atoms in total. The fourth-order valence-electron chi connectivity index (χ4n) is 2.49. The number of benzene rings is 2. The van der Waals surface area contributed by atoms with Crippen molar-refractivity contribution in [1.29, 1.82) is 0 Å². The van der Waals surface area contributed by atoms with Crippen molar-refractivity contribution in [1.82, 2.24) is 0 Å². The Hall–Kier alpha value is -1.64. The monoisotopic (exact) mass is 255 g/mol. The average Bonchev–Trinajstić information content (AvgIpc) is 2.49. The van der Waals surface area contributed by atoms with Crippen LogP contribution in [0.25, 0.3) is 0 Å². The summed E-state index contributed by atoms with van der Waals surface area (Å²) in [6.45, 7) is 2.07. The SMILES string of the molecule is CC[C@@H]([C@H](O)c1ccccc1)[C@@H](N)c1ccccc1. The largest absolute Gasteiger partial charge is 0.388 e. The van der Waals surface area contributed by atoms with E-state index in [2.05, 4.69) is 6.92 Å². The predicted molar refractivity (Wildman–Crippen MR) is 78.6 cm³/mol. The molecule has 0 radical (unpaired) electrons. The van der Waals surface area contributed by atoms with E-state index in [0.29, 0.717) is 0 Å². The maximum absolute atomic E-state index is 10.5. The van der Waals surface area contributed by atoms with Gasteiger partial charge in [-0.3, -0.25) is 0 Å². The van der Waals surface area contributed by atoms with E-state index >= 15 is 0 Å². The Morgan fingerprint density at radius 1 is 0.895 bits per heavy atom. The lowest BCUT2D eigenvalue weighted by atomic mass is 9.84. The van der Waals surface area contributed by atoms with Gasteiger partial charge < -0.3 is 10.8 Å². The van der Waals surface area contributed by atoms with E-state index in [1.807, 2.05) is 60.7 Å². The second kappa shape index (κ2) is 6.50. The minimum absolute atomic E-state index is 0.0183. The second-order valence-corrected chi connectivity index (χ2v) is 4.86. The summed E-state index contributed by atoms with van der Waals surface area (Å²) in [6, 6.07) is 19.6. The molecule has 0 aromatic heterocycles. The normalized spacial score (nSPS) is 15.7. The summed E-state index contributed by atoms with van der Waals surface area (Å²) in [6.07, 6.45) is 0.313. The van der Waals surface area contributed by atoms with Crippen LogP contribution in [0.5, 0.6) is 0 Å². The Labute approximate surface area is 114 Å². The van der Waals surface area contributed by atoms with Crippen LogP contribution in [0.1, 0.15) is 36.6 Å². The third kappa shape index (κ3) is 3.22. The van der Waals surface area contributed by atoms with Crippen LogP contribution >= 0.6 is 0 Å². The maximum atomic E-state index is 10.5. The van der Waals surface area contributed by atoms with Gasteiger partial charge in [0.25, 0.3) is 0 Å². The van der Waals surface area contributed by atoms with Crippen molar-refractivity contribution in [3.63, 3.8) is 0 Å². The van der Waals surface area contributed by atoms with Gasteiger partial charge in [0.05, 0.1) is 6.10 Å². The first-order chi connectivity index (χ1) is 9.24. The molecular formula is C17H21NO. The first-order valence-electron chi connectivity index (χ1n) is 6.77. The van der Waals surface area contributed by atoms with Crippen molar-refractivity contribution in [2.45, 2.75) is 25.5 Å². The van der Waals surface area contributed by atoms with Gasteiger partial charge in [-0.25, -0.2) is 0 Å². The Morgan fingerprint density at radius 2 is 1.37 bits per heavy atom. The van der Waals surface area contributed by atoms with Crippen molar-refractivity contribution in [3.8, 4) is 0 Å². The van der Waals surface area contributed by atoms with Crippen LogP contribution < -0.4 is 5.73 Å². The number of hydrogen-bond acceptors (Lipinski definition) is 2. The molecule has 0 spiro atoms. The number of aliphatic hydroxyl groups is 1. The Morgan fingerprint density at radius 3 is 1.84 bits per heavy atom. The molecule has 0 fully saturated rings. The van der Waals surface area contributed by atoms with Gasteiger partial charge in [-0.15, -0.1) is 0 Å². The standard InChI is InChI=1S/C17H21NO/c1-2-15(16(18)13-9-5-3-6-10-13)17(19)14-11-7-4-8-12-14/h3-12,15-17,19H,2,18H2,1H3/t15-,16+,17-/m1/s1. The number of nitrogens with two attached hydrogens (primary N) is 1. The van der Waals surface area contributed by atoms with Crippen LogP contribution in [0.4, 0.5) is 0 Å². The summed E-state index contributed by atoms with van der Waals surface area (Å²) in [5.74, 6) is 0.0183. The molecule has 0 unspecified atom stereocenters. The summed E-state index contributed by atoms with van der Waals surface area (Å²) in [4.78, 5) is 0. The van der Waals surface area contributed by atoms with E-state index in [1.165, 1.54) is 0 Å². The molecule has 0 saturated carbocycles. The highest BCUT2D eigenvalue weighted by Crippen LogP contribution is 2.33. The first-order valence-corrected chi connectivity index (χ1v) is 6.77. The Bertz CT molecular complexity index is 438. The second-order valence-electron chi connectivity index (χ2n) is 4.86. The molecule has 0 aliphatic rings. The van der Waals surface area contributed by atoms with E-state index in [9.17, 15) is 5.11 Å². The molecule has 19 heavy (non-hydrogen) atoms. The van der Waals surface area contributed by atoms with Crippen molar-refractivity contribution in [3.05, 3.63) is 71.8 Å². The molecule has 0 aliphatic heterocycles. The third-order valence-electron chi connectivity index (χ3n) is 3.66. The smallest absolute Gasteiger partial charge is 0.0836 e. The number of aliphatic hydroxyl groups excluding tert-OH is 1. The highest BCUT2D eigenvalue weighted by atomic mass is 16.3. The van der Waals surface area contributed by atoms with Gasteiger partial charge in [0.1, 0.15) is 0 Å². The molecular weight excluding hydrogens is 234 g/mol. The average molecular weight is 255 g/mol. The van der Waals surface area contributed by atoms with Crippen LogP contribution in [0.15, 0.2) is 60.7 Å². The Balaban J connectivity index is 2.20. The third-order valence-corrected chi connectivity index (χ3v) is 3.66. The van der Waals surface area contributed by atoms with Crippen LogP contribution in [0.2, 0.25) is 0 Å². The van der Waals surface area contributed by atoms with Crippen LogP contribution in [0, 0.1) is 5.92 Å². The molecule has 2 heteroatoms. The van der Waals surface area contributed by atoms with Gasteiger partial charge in [-0.1, -0.05) is 67.6 Å². The van der Waals surface area contributed by atoms with Crippen LogP contribution in [-0.2, 0) is 0 Å². The molecule has 0 bridgehead atoms. The quantitative estimate of drug-likeness (QED) is 0.859. The number of rotatable bonds is 5. The Kier molecular flexibility index (Phi) is 4.72.